The molecular formula is C16H15N7O4S. The lowest BCUT2D eigenvalue weighted by atomic mass is 10.3. The van der Waals surface area contributed by atoms with Crippen molar-refractivity contribution in [3.05, 3.63) is 44.4 Å². The molecule has 4 heterocycles. The van der Waals surface area contributed by atoms with Crippen LogP contribution in [0.4, 0.5) is 5.00 Å². The van der Waals surface area contributed by atoms with Crippen LogP contribution in [-0.2, 0) is 25.4 Å². The van der Waals surface area contributed by atoms with E-state index in [9.17, 15) is 14.4 Å². The molecule has 0 saturated carbocycles. The SMILES string of the molecule is Cc1noc(-c2ccsc2NC(=O)Cn2cnc3c2c(=O)n(C)c(=O)n3C)n1. The predicted molar refractivity (Wildman–Crippen MR) is 101 cm³/mol. The number of amides is 1. The lowest BCUT2D eigenvalue weighted by Crippen LogP contribution is -2.37. The number of carbonyl (C=O) groups is 1. The van der Waals surface area contributed by atoms with Crippen molar-refractivity contribution >= 4 is 33.4 Å². The summed E-state index contributed by atoms with van der Waals surface area (Å²) in [6.07, 6.45) is 1.36. The van der Waals surface area contributed by atoms with E-state index in [0.29, 0.717) is 22.3 Å². The summed E-state index contributed by atoms with van der Waals surface area (Å²) in [5.41, 5.74) is 0.0253. The van der Waals surface area contributed by atoms with Crippen molar-refractivity contribution in [3.8, 4) is 11.5 Å². The van der Waals surface area contributed by atoms with Crippen molar-refractivity contribution in [2.45, 2.75) is 13.5 Å². The van der Waals surface area contributed by atoms with Crippen LogP contribution in [0.5, 0.6) is 0 Å². The molecule has 0 aliphatic rings. The summed E-state index contributed by atoms with van der Waals surface area (Å²) in [5.74, 6) is 0.436. The van der Waals surface area contributed by atoms with Gasteiger partial charge in [0.25, 0.3) is 11.4 Å². The quantitative estimate of drug-likeness (QED) is 0.527. The van der Waals surface area contributed by atoms with Crippen LogP contribution < -0.4 is 16.6 Å². The Hall–Kier alpha value is -3.54. The van der Waals surface area contributed by atoms with Gasteiger partial charge in [-0.1, -0.05) is 5.16 Å². The van der Waals surface area contributed by atoms with Gasteiger partial charge in [0.1, 0.15) is 11.5 Å². The van der Waals surface area contributed by atoms with E-state index >= 15 is 0 Å². The number of carbonyl (C=O) groups excluding carboxylic acids is 1. The summed E-state index contributed by atoms with van der Waals surface area (Å²) in [6.45, 7) is 1.56. The number of nitrogens with zero attached hydrogens (tertiary/aromatic N) is 6. The Labute approximate surface area is 160 Å². The second-order valence-electron chi connectivity index (χ2n) is 6.11. The number of hydrogen-bond acceptors (Lipinski definition) is 8. The van der Waals surface area contributed by atoms with Crippen LogP contribution in [0.3, 0.4) is 0 Å². The van der Waals surface area contributed by atoms with Crippen molar-refractivity contribution in [1.29, 1.82) is 0 Å². The highest BCUT2D eigenvalue weighted by molar-refractivity contribution is 7.15. The van der Waals surface area contributed by atoms with Crippen LogP contribution in [0.2, 0.25) is 0 Å². The van der Waals surface area contributed by atoms with Gasteiger partial charge < -0.3 is 14.4 Å². The molecule has 0 atom stereocenters. The van der Waals surface area contributed by atoms with Crippen LogP contribution >= 0.6 is 11.3 Å². The van der Waals surface area contributed by atoms with Crippen molar-refractivity contribution in [2.75, 3.05) is 5.32 Å². The maximum atomic E-state index is 12.6. The number of aromatic nitrogens is 6. The highest BCUT2D eigenvalue weighted by Gasteiger charge is 2.18. The second kappa shape index (κ2) is 6.56. The minimum Gasteiger partial charge on any atom is -0.334 e. The maximum Gasteiger partial charge on any atom is 0.332 e. The zero-order valence-electron chi connectivity index (χ0n) is 15.2. The summed E-state index contributed by atoms with van der Waals surface area (Å²) >= 11 is 1.31. The molecule has 0 aromatic carbocycles. The van der Waals surface area contributed by atoms with Gasteiger partial charge >= 0.3 is 5.69 Å². The van der Waals surface area contributed by atoms with Gasteiger partial charge in [0.2, 0.25) is 5.91 Å². The van der Waals surface area contributed by atoms with E-state index < -0.39 is 11.2 Å². The Bertz CT molecular complexity index is 1320. The minimum absolute atomic E-state index is 0.149. The van der Waals surface area contributed by atoms with Crippen LogP contribution in [0, 0.1) is 6.92 Å². The third-order valence-corrected chi connectivity index (χ3v) is 5.04. The number of nitrogens with one attached hydrogen (secondary N) is 1. The predicted octanol–water partition coefficient (Wildman–Crippen LogP) is 0.492. The first kappa shape index (κ1) is 17.9. The summed E-state index contributed by atoms with van der Waals surface area (Å²) in [6, 6.07) is 1.77. The third-order valence-electron chi connectivity index (χ3n) is 4.21. The fourth-order valence-electron chi connectivity index (χ4n) is 2.82. The average Bonchev–Trinajstić information content (AvgIpc) is 3.38. The van der Waals surface area contributed by atoms with E-state index in [1.807, 2.05) is 0 Å². The smallest absolute Gasteiger partial charge is 0.332 e. The third kappa shape index (κ3) is 2.83. The fourth-order valence-corrected chi connectivity index (χ4v) is 3.61. The van der Waals surface area contributed by atoms with Crippen molar-refractivity contribution < 1.29 is 9.32 Å². The van der Waals surface area contributed by atoms with Gasteiger partial charge in [-0.3, -0.25) is 18.7 Å². The molecule has 0 fully saturated rings. The first-order chi connectivity index (χ1) is 13.4. The van der Waals surface area contributed by atoms with Gasteiger partial charge in [0.15, 0.2) is 17.0 Å². The monoisotopic (exact) mass is 401 g/mol. The number of anilines is 1. The molecule has 12 heteroatoms. The van der Waals surface area contributed by atoms with E-state index in [1.165, 1.54) is 40.9 Å². The molecule has 144 valence electrons. The van der Waals surface area contributed by atoms with E-state index in [0.717, 1.165) is 4.57 Å². The van der Waals surface area contributed by atoms with Gasteiger partial charge in [0, 0.05) is 14.1 Å². The molecule has 1 N–H and O–H groups in total. The lowest BCUT2D eigenvalue weighted by molar-refractivity contribution is -0.116. The van der Waals surface area contributed by atoms with E-state index in [4.69, 9.17) is 4.52 Å². The summed E-state index contributed by atoms with van der Waals surface area (Å²) in [7, 11) is 2.90. The van der Waals surface area contributed by atoms with Crippen LogP contribution in [-0.4, -0.2) is 34.7 Å². The summed E-state index contributed by atoms with van der Waals surface area (Å²) in [4.78, 5) is 45.3. The number of imidazole rings is 1. The van der Waals surface area contributed by atoms with Gasteiger partial charge in [-0.05, 0) is 18.4 Å². The van der Waals surface area contributed by atoms with E-state index in [-0.39, 0.29) is 23.6 Å². The van der Waals surface area contributed by atoms with Gasteiger partial charge in [-0.2, -0.15) is 4.98 Å². The van der Waals surface area contributed by atoms with Crippen molar-refractivity contribution in [2.24, 2.45) is 14.1 Å². The largest absolute Gasteiger partial charge is 0.334 e. The van der Waals surface area contributed by atoms with E-state index in [1.54, 1.807) is 18.4 Å². The van der Waals surface area contributed by atoms with Crippen LogP contribution in [0.1, 0.15) is 5.82 Å². The Morgan fingerprint density at radius 2 is 2.07 bits per heavy atom. The molecule has 4 aromatic heterocycles. The maximum absolute atomic E-state index is 12.6. The van der Waals surface area contributed by atoms with Gasteiger partial charge in [-0.15, -0.1) is 11.3 Å². The Kier molecular flexibility index (Phi) is 4.19. The molecule has 0 aliphatic carbocycles. The number of thiophene rings is 1. The Morgan fingerprint density at radius 3 is 2.79 bits per heavy atom. The molecule has 4 rings (SSSR count). The molecular weight excluding hydrogens is 386 g/mol. The molecule has 0 unspecified atom stereocenters. The molecule has 28 heavy (non-hydrogen) atoms. The first-order valence-electron chi connectivity index (χ1n) is 8.15. The highest BCUT2D eigenvalue weighted by atomic mass is 32.1. The number of fused-ring (bicyclic) bond motifs is 1. The van der Waals surface area contributed by atoms with E-state index in [2.05, 4.69) is 20.4 Å². The summed E-state index contributed by atoms with van der Waals surface area (Å²) < 4.78 is 8.81. The normalized spacial score (nSPS) is 11.2. The van der Waals surface area contributed by atoms with Crippen molar-refractivity contribution in [3.63, 3.8) is 0 Å². The zero-order valence-corrected chi connectivity index (χ0v) is 16.0. The van der Waals surface area contributed by atoms with Gasteiger partial charge in [0.05, 0.1) is 11.9 Å². The molecule has 0 radical (unpaired) electrons. The summed E-state index contributed by atoms with van der Waals surface area (Å²) in [5, 5.41) is 8.89. The lowest BCUT2D eigenvalue weighted by Gasteiger charge is -2.07. The number of rotatable bonds is 4. The Balaban J connectivity index is 1.64. The molecule has 0 saturated heterocycles. The molecule has 4 aromatic rings. The topological polar surface area (TPSA) is 130 Å². The van der Waals surface area contributed by atoms with Crippen LogP contribution in [0.25, 0.3) is 22.6 Å². The highest BCUT2D eigenvalue weighted by Crippen LogP contribution is 2.32. The molecule has 11 nitrogen and oxygen atoms in total. The van der Waals surface area contributed by atoms with Crippen LogP contribution in [0.15, 0.2) is 31.9 Å². The zero-order chi connectivity index (χ0) is 20.0. The minimum atomic E-state index is -0.512. The molecule has 0 spiro atoms. The van der Waals surface area contributed by atoms with Gasteiger partial charge in [-0.25, -0.2) is 9.78 Å². The first-order valence-corrected chi connectivity index (χ1v) is 9.03. The van der Waals surface area contributed by atoms with Crippen molar-refractivity contribution in [1.82, 2.24) is 28.8 Å². The fraction of sp³-hybridized carbons (Fsp3) is 0.250. The molecule has 0 bridgehead atoms. The number of aryl methyl sites for hydroxylation is 2. The molecule has 0 aliphatic heterocycles. The standard InChI is InChI=1S/C16H15N7O4S/c1-8-18-13(27-20-8)9-4-5-28-14(9)19-10(24)6-23-7-17-12-11(23)15(25)22(3)16(26)21(12)2/h4-5,7H,6H2,1-3H3,(H,19,24). The number of hydrogen-bond donors (Lipinski definition) is 1. The average molecular weight is 401 g/mol. The Morgan fingerprint density at radius 1 is 1.29 bits per heavy atom. The molecule has 1 amide bonds. The second-order valence-corrected chi connectivity index (χ2v) is 7.02.